The third-order valence-corrected chi connectivity index (χ3v) is 7.16. The molecule has 4 rings (SSSR count). The molecule has 0 aromatic heterocycles. The number of para-hydroxylation sites is 1. The van der Waals surface area contributed by atoms with Crippen LogP contribution in [0.15, 0.2) is 78.4 Å². The van der Waals surface area contributed by atoms with E-state index in [2.05, 4.69) is 13.8 Å². The topological polar surface area (TPSA) is 80.5 Å². The van der Waals surface area contributed by atoms with Crippen molar-refractivity contribution >= 4 is 17.4 Å². The highest BCUT2D eigenvalue weighted by Crippen LogP contribution is 2.41. The summed E-state index contributed by atoms with van der Waals surface area (Å²) < 4.78 is 11.6. The van der Waals surface area contributed by atoms with E-state index in [1.807, 2.05) is 74.5 Å². The number of aliphatic hydroxyl groups is 1. The molecule has 7 nitrogen and oxygen atoms in total. The van der Waals surface area contributed by atoms with Gasteiger partial charge < -0.3 is 24.4 Å². The summed E-state index contributed by atoms with van der Waals surface area (Å²) in [5.41, 5.74) is 2.02. The lowest BCUT2D eigenvalue weighted by atomic mass is 9.93. The Morgan fingerprint density at radius 1 is 0.897 bits per heavy atom. The zero-order valence-electron chi connectivity index (χ0n) is 23.1. The van der Waals surface area contributed by atoms with Crippen LogP contribution in [0.3, 0.4) is 0 Å². The molecule has 2 N–H and O–H groups in total. The Morgan fingerprint density at radius 2 is 1.62 bits per heavy atom. The summed E-state index contributed by atoms with van der Waals surface area (Å²) >= 11 is 0. The number of hydrogen-bond donors (Lipinski definition) is 2. The molecule has 3 aromatic rings. The van der Waals surface area contributed by atoms with Gasteiger partial charge in [0.05, 0.1) is 44.4 Å². The van der Waals surface area contributed by atoms with Crippen LogP contribution in [-0.2, 0) is 9.59 Å². The second-order valence-electron chi connectivity index (χ2n) is 9.60. The molecule has 1 amide bonds. The van der Waals surface area contributed by atoms with Gasteiger partial charge in [0.15, 0.2) is 0 Å². The standard InChI is InChI=1S/C32H36N2O5/c1-5-33(6-2)18-19-34-29(23-12-11-15-26(21-23)39-24-13-9-8-10-14-24)28(31(36)32(34)37)30(35)27-17-16-25(38-7-3)20-22(27)4/h8-17,20-21,29,35H,5-7,18-19H2,1-4H3/p+1. The van der Waals surface area contributed by atoms with Gasteiger partial charge in [-0.2, -0.15) is 0 Å². The minimum absolute atomic E-state index is 0.0821. The molecule has 0 radical (unpaired) electrons. The highest BCUT2D eigenvalue weighted by atomic mass is 16.5. The lowest BCUT2D eigenvalue weighted by molar-refractivity contribution is -0.895. The van der Waals surface area contributed by atoms with E-state index in [9.17, 15) is 14.7 Å². The van der Waals surface area contributed by atoms with Crippen LogP contribution < -0.4 is 14.4 Å². The molecule has 1 aliphatic rings. The SMILES string of the molecule is CCOc1ccc(C(O)=C2C(=O)C(=O)N(CC[NH+](CC)CC)C2c2cccc(Oc3ccccc3)c2)c(C)c1. The molecular formula is C32H37N2O5+. The van der Waals surface area contributed by atoms with Gasteiger partial charge in [0, 0.05) is 5.56 Å². The fourth-order valence-electron chi connectivity index (χ4n) is 5.02. The van der Waals surface area contributed by atoms with Crippen LogP contribution in [0.2, 0.25) is 0 Å². The number of nitrogens with one attached hydrogen (secondary N) is 1. The van der Waals surface area contributed by atoms with E-state index < -0.39 is 17.7 Å². The van der Waals surface area contributed by atoms with E-state index in [0.717, 1.165) is 18.7 Å². The molecular weight excluding hydrogens is 492 g/mol. The number of nitrogens with zero attached hydrogens (tertiary/aromatic N) is 1. The molecule has 0 saturated carbocycles. The van der Waals surface area contributed by atoms with Crippen molar-refractivity contribution in [2.24, 2.45) is 0 Å². The Balaban J connectivity index is 1.80. The van der Waals surface area contributed by atoms with E-state index in [4.69, 9.17) is 9.47 Å². The number of likely N-dealkylation sites (N-methyl/N-ethyl adjacent to an activating group) is 1. The minimum atomic E-state index is -0.745. The number of benzene rings is 3. The number of aliphatic hydroxyl groups excluding tert-OH is 1. The lowest BCUT2D eigenvalue weighted by Gasteiger charge is -2.27. The van der Waals surface area contributed by atoms with Gasteiger partial charge in [-0.3, -0.25) is 9.59 Å². The molecule has 0 bridgehead atoms. The van der Waals surface area contributed by atoms with Crippen molar-refractivity contribution in [1.29, 1.82) is 0 Å². The molecule has 1 heterocycles. The van der Waals surface area contributed by atoms with Gasteiger partial charge in [0.25, 0.3) is 11.7 Å². The number of hydrogen-bond acceptors (Lipinski definition) is 5. The van der Waals surface area contributed by atoms with Crippen LogP contribution in [-0.4, -0.2) is 54.5 Å². The molecule has 0 spiro atoms. The van der Waals surface area contributed by atoms with Crippen molar-refractivity contribution in [1.82, 2.24) is 4.90 Å². The van der Waals surface area contributed by atoms with E-state index in [-0.39, 0.29) is 11.3 Å². The molecule has 0 aliphatic carbocycles. The third kappa shape index (κ3) is 6.15. The zero-order chi connectivity index (χ0) is 27.9. The smallest absolute Gasteiger partial charge is 0.295 e. The molecule has 1 saturated heterocycles. The Kier molecular flexibility index (Phi) is 9.04. The molecule has 39 heavy (non-hydrogen) atoms. The Labute approximate surface area is 230 Å². The first kappa shape index (κ1) is 27.9. The number of quaternary nitrogens is 1. The van der Waals surface area contributed by atoms with Crippen LogP contribution >= 0.6 is 0 Å². The maximum atomic E-state index is 13.5. The highest BCUT2D eigenvalue weighted by Gasteiger charge is 2.46. The summed E-state index contributed by atoms with van der Waals surface area (Å²) in [6.45, 7) is 11.4. The molecule has 3 aromatic carbocycles. The van der Waals surface area contributed by atoms with Gasteiger partial charge >= 0.3 is 0 Å². The Hall–Kier alpha value is -4.10. The van der Waals surface area contributed by atoms with Gasteiger partial charge in [-0.25, -0.2) is 0 Å². The van der Waals surface area contributed by atoms with E-state index in [1.54, 1.807) is 17.0 Å². The second-order valence-corrected chi connectivity index (χ2v) is 9.60. The zero-order valence-corrected chi connectivity index (χ0v) is 23.1. The predicted molar refractivity (Wildman–Crippen MR) is 151 cm³/mol. The molecule has 1 fully saturated rings. The van der Waals surface area contributed by atoms with E-state index >= 15 is 0 Å². The van der Waals surface area contributed by atoms with Gasteiger partial charge in [0.1, 0.15) is 23.0 Å². The van der Waals surface area contributed by atoms with Crippen LogP contribution in [0, 0.1) is 6.92 Å². The van der Waals surface area contributed by atoms with Crippen molar-refractivity contribution in [2.75, 3.05) is 32.8 Å². The normalized spacial score (nSPS) is 16.6. The lowest BCUT2D eigenvalue weighted by Crippen LogP contribution is -3.12. The highest BCUT2D eigenvalue weighted by molar-refractivity contribution is 6.46. The number of carbonyl (C=O) groups excluding carboxylic acids is 2. The fourth-order valence-corrected chi connectivity index (χ4v) is 5.02. The summed E-state index contributed by atoms with van der Waals surface area (Å²) in [4.78, 5) is 29.8. The van der Waals surface area contributed by atoms with Crippen molar-refractivity contribution in [3.8, 4) is 17.2 Å². The summed E-state index contributed by atoms with van der Waals surface area (Å²) in [5, 5.41) is 11.5. The van der Waals surface area contributed by atoms with Crippen molar-refractivity contribution < 1.29 is 29.1 Å². The van der Waals surface area contributed by atoms with Crippen molar-refractivity contribution in [3.63, 3.8) is 0 Å². The van der Waals surface area contributed by atoms with Crippen LogP contribution in [0.4, 0.5) is 0 Å². The predicted octanol–water partition coefficient (Wildman–Crippen LogP) is 4.53. The maximum absolute atomic E-state index is 13.5. The monoisotopic (exact) mass is 529 g/mol. The van der Waals surface area contributed by atoms with Crippen LogP contribution in [0.25, 0.3) is 5.76 Å². The van der Waals surface area contributed by atoms with Crippen molar-refractivity contribution in [2.45, 2.75) is 33.7 Å². The number of rotatable bonds is 11. The van der Waals surface area contributed by atoms with Gasteiger partial charge in [-0.15, -0.1) is 0 Å². The first-order valence-corrected chi connectivity index (χ1v) is 13.6. The molecule has 204 valence electrons. The Morgan fingerprint density at radius 3 is 2.28 bits per heavy atom. The average molecular weight is 530 g/mol. The number of ether oxygens (including phenoxy) is 2. The van der Waals surface area contributed by atoms with Crippen LogP contribution in [0.1, 0.15) is 43.5 Å². The van der Waals surface area contributed by atoms with E-state index in [0.29, 0.717) is 48.1 Å². The summed E-state index contributed by atoms with van der Waals surface area (Å²) in [5.74, 6) is 0.456. The Bertz CT molecular complexity index is 1350. The number of amides is 1. The number of likely N-dealkylation sites (tertiary alicyclic amines) is 1. The van der Waals surface area contributed by atoms with Crippen molar-refractivity contribution in [3.05, 3.63) is 95.1 Å². The quantitative estimate of drug-likeness (QED) is 0.217. The first-order valence-electron chi connectivity index (χ1n) is 13.6. The number of carbonyl (C=O) groups is 2. The average Bonchev–Trinajstić information content (AvgIpc) is 3.19. The second kappa shape index (κ2) is 12.6. The minimum Gasteiger partial charge on any atom is -0.507 e. The third-order valence-electron chi connectivity index (χ3n) is 7.16. The maximum Gasteiger partial charge on any atom is 0.295 e. The number of ketones is 1. The molecule has 1 unspecified atom stereocenters. The summed E-state index contributed by atoms with van der Waals surface area (Å²) in [7, 11) is 0. The van der Waals surface area contributed by atoms with Gasteiger partial charge in [-0.1, -0.05) is 30.3 Å². The molecule has 1 atom stereocenters. The number of aryl methyl sites for hydroxylation is 1. The molecule has 7 heteroatoms. The summed E-state index contributed by atoms with van der Waals surface area (Å²) in [6.07, 6.45) is 0. The number of Topliss-reactive ketones (excluding diaryl/α,β-unsaturated/α-hetero) is 1. The van der Waals surface area contributed by atoms with Crippen LogP contribution in [0.5, 0.6) is 17.2 Å². The molecule has 1 aliphatic heterocycles. The van der Waals surface area contributed by atoms with E-state index in [1.165, 1.54) is 4.90 Å². The van der Waals surface area contributed by atoms with Gasteiger partial charge in [-0.05, 0) is 81.3 Å². The van der Waals surface area contributed by atoms with Gasteiger partial charge in [0.2, 0.25) is 0 Å². The largest absolute Gasteiger partial charge is 0.507 e. The summed E-state index contributed by atoms with van der Waals surface area (Å²) in [6, 6.07) is 21.4. The fraction of sp³-hybridized carbons (Fsp3) is 0.312. The first-order chi connectivity index (χ1) is 18.9.